The molecule has 0 spiro atoms. The summed E-state index contributed by atoms with van der Waals surface area (Å²) in [7, 11) is 0. The van der Waals surface area contributed by atoms with Crippen LogP contribution < -0.4 is 4.74 Å². The lowest BCUT2D eigenvalue weighted by atomic mass is 10.0. The summed E-state index contributed by atoms with van der Waals surface area (Å²) in [6.07, 6.45) is 0.303. The van der Waals surface area contributed by atoms with Crippen LogP contribution in [0, 0.1) is 6.92 Å². The van der Waals surface area contributed by atoms with Gasteiger partial charge in [0.05, 0.1) is 5.56 Å². The second-order valence-electron chi connectivity index (χ2n) is 2.95. The highest BCUT2D eigenvalue weighted by Crippen LogP contribution is 2.25. The molecule has 0 atom stereocenters. The van der Waals surface area contributed by atoms with E-state index in [1.165, 1.54) is 6.92 Å². The van der Waals surface area contributed by atoms with E-state index < -0.39 is 12.6 Å². The molecule has 1 aromatic rings. The van der Waals surface area contributed by atoms with Crippen LogP contribution in [0.25, 0.3) is 0 Å². The number of aldehydes is 1. The van der Waals surface area contributed by atoms with Crippen molar-refractivity contribution in [2.75, 3.05) is 0 Å². The van der Waals surface area contributed by atoms with Crippen molar-refractivity contribution in [2.45, 2.75) is 13.5 Å². The lowest BCUT2D eigenvalue weighted by Crippen LogP contribution is -2.08. The number of rotatable bonds is 4. The van der Waals surface area contributed by atoms with E-state index in [1.807, 2.05) is 0 Å². The summed E-state index contributed by atoms with van der Waals surface area (Å²) in [4.78, 5) is 21.4. The summed E-state index contributed by atoms with van der Waals surface area (Å²) in [5, 5.41) is 8.75. The van der Waals surface area contributed by atoms with E-state index in [-0.39, 0.29) is 22.4 Å². The monoisotopic (exact) mass is 230 g/mol. The molecule has 86 valence electrons. The largest absolute Gasteiger partial charge is 0.478 e. The number of aromatic carboxylic acids is 1. The van der Waals surface area contributed by atoms with E-state index in [4.69, 9.17) is 5.11 Å². The predicted molar refractivity (Wildman–Crippen MR) is 50.2 cm³/mol. The predicted octanol–water partition coefficient (Wildman–Crippen LogP) is 2.11. The van der Waals surface area contributed by atoms with Gasteiger partial charge in [0.1, 0.15) is 5.75 Å². The van der Waals surface area contributed by atoms with Crippen molar-refractivity contribution in [3.05, 3.63) is 28.8 Å². The third-order valence-corrected chi connectivity index (χ3v) is 2.03. The van der Waals surface area contributed by atoms with Crippen LogP contribution in [0.15, 0.2) is 12.1 Å². The molecule has 0 saturated heterocycles. The van der Waals surface area contributed by atoms with Gasteiger partial charge in [0.25, 0.3) is 0 Å². The first-order valence-electron chi connectivity index (χ1n) is 4.24. The van der Waals surface area contributed by atoms with E-state index in [0.717, 1.165) is 12.1 Å². The zero-order chi connectivity index (χ0) is 12.3. The Kier molecular flexibility index (Phi) is 3.55. The molecule has 0 aromatic heterocycles. The molecule has 4 nitrogen and oxygen atoms in total. The molecule has 1 N–H and O–H groups in total. The van der Waals surface area contributed by atoms with Gasteiger partial charge in [0.2, 0.25) is 0 Å². The minimum Gasteiger partial charge on any atom is -0.478 e. The smallest absolute Gasteiger partial charge is 0.387 e. The van der Waals surface area contributed by atoms with Crippen molar-refractivity contribution >= 4 is 12.3 Å². The van der Waals surface area contributed by atoms with E-state index in [9.17, 15) is 18.4 Å². The zero-order valence-electron chi connectivity index (χ0n) is 8.24. The summed E-state index contributed by atoms with van der Waals surface area (Å²) >= 11 is 0. The number of hydrogen-bond acceptors (Lipinski definition) is 3. The number of ether oxygens (including phenoxy) is 1. The number of halogens is 2. The van der Waals surface area contributed by atoms with Gasteiger partial charge < -0.3 is 9.84 Å². The van der Waals surface area contributed by atoms with Crippen molar-refractivity contribution in [1.29, 1.82) is 0 Å². The average molecular weight is 230 g/mol. The number of carbonyl (C=O) groups excluding carboxylic acids is 1. The van der Waals surface area contributed by atoms with Crippen LogP contribution in [-0.2, 0) is 0 Å². The van der Waals surface area contributed by atoms with Gasteiger partial charge in [0.15, 0.2) is 6.29 Å². The van der Waals surface area contributed by atoms with Crippen LogP contribution >= 0.6 is 0 Å². The molecular weight excluding hydrogens is 222 g/mol. The molecule has 16 heavy (non-hydrogen) atoms. The fraction of sp³-hybridized carbons (Fsp3) is 0.200. The molecule has 0 radical (unpaired) electrons. The highest BCUT2D eigenvalue weighted by Gasteiger charge is 2.16. The van der Waals surface area contributed by atoms with Gasteiger partial charge in [-0.2, -0.15) is 8.78 Å². The second kappa shape index (κ2) is 4.69. The standard InChI is InChI=1S/C10H8F2O4/c1-5-7(4-13)6(9(14)15)2-3-8(5)16-10(11)12/h2-4,10H,1H3,(H,14,15). The van der Waals surface area contributed by atoms with Crippen LogP contribution in [0.5, 0.6) is 5.75 Å². The fourth-order valence-corrected chi connectivity index (χ4v) is 1.27. The molecule has 0 bridgehead atoms. The molecule has 0 aliphatic heterocycles. The van der Waals surface area contributed by atoms with Crippen molar-refractivity contribution in [1.82, 2.24) is 0 Å². The quantitative estimate of drug-likeness (QED) is 0.804. The highest BCUT2D eigenvalue weighted by atomic mass is 19.3. The van der Waals surface area contributed by atoms with Crippen LogP contribution in [0.3, 0.4) is 0 Å². The lowest BCUT2D eigenvalue weighted by molar-refractivity contribution is -0.0503. The Balaban J connectivity index is 3.28. The molecular formula is C10H8F2O4. The minimum absolute atomic E-state index is 0.0789. The van der Waals surface area contributed by atoms with Gasteiger partial charge >= 0.3 is 12.6 Å². The number of alkyl halides is 2. The maximum atomic E-state index is 12.0. The summed E-state index contributed by atoms with van der Waals surface area (Å²) in [5.74, 6) is -1.50. The number of carboxylic acids is 1. The van der Waals surface area contributed by atoms with Crippen molar-refractivity contribution in [2.24, 2.45) is 0 Å². The van der Waals surface area contributed by atoms with Crippen LogP contribution in [0.2, 0.25) is 0 Å². The molecule has 0 aliphatic carbocycles. The van der Waals surface area contributed by atoms with Crippen molar-refractivity contribution in [3.63, 3.8) is 0 Å². The van der Waals surface area contributed by atoms with Crippen molar-refractivity contribution in [3.8, 4) is 5.75 Å². The number of carboxylic acid groups (broad SMARTS) is 1. The second-order valence-corrected chi connectivity index (χ2v) is 2.95. The number of carbonyl (C=O) groups is 2. The van der Waals surface area contributed by atoms with Gasteiger partial charge in [-0.25, -0.2) is 4.79 Å². The van der Waals surface area contributed by atoms with E-state index in [0.29, 0.717) is 6.29 Å². The lowest BCUT2D eigenvalue weighted by Gasteiger charge is -2.10. The molecule has 0 amide bonds. The Labute approximate surface area is 89.5 Å². The third-order valence-electron chi connectivity index (χ3n) is 2.03. The molecule has 0 heterocycles. The first kappa shape index (κ1) is 12.1. The summed E-state index contributed by atoms with van der Waals surface area (Å²) in [6.45, 7) is -1.68. The van der Waals surface area contributed by atoms with Gasteiger partial charge in [-0.05, 0) is 19.1 Å². The van der Waals surface area contributed by atoms with Gasteiger partial charge in [-0.1, -0.05) is 0 Å². The molecule has 0 saturated carbocycles. The van der Waals surface area contributed by atoms with Gasteiger partial charge in [0, 0.05) is 11.1 Å². The summed E-state index contributed by atoms with van der Waals surface area (Å²) < 4.78 is 28.1. The number of hydrogen-bond donors (Lipinski definition) is 1. The van der Waals surface area contributed by atoms with Gasteiger partial charge in [-0.15, -0.1) is 0 Å². The Bertz CT molecular complexity index is 429. The zero-order valence-corrected chi connectivity index (χ0v) is 8.24. The molecule has 0 aliphatic rings. The van der Waals surface area contributed by atoms with E-state index in [2.05, 4.69) is 4.74 Å². The number of benzene rings is 1. The summed E-state index contributed by atoms with van der Waals surface area (Å²) in [6, 6.07) is 2.15. The third kappa shape index (κ3) is 2.33. The topological polar surface area (TPSA) is 63.6 Å². The highest BCUT2D eigenvalue weighted by molar-refractivity contribution is 5.98. The van der Waals surface area contributed by atoms with E-state index >= 15 is 0 Å². The van der Waals surface area contributed by atoms with Crippen LogP contribution in [0.1, 0.15) is 26.3 Å². The first-order valence-corrected chi connectivity index (χ1v) is 4.24. The maximum absolute atomic E-state index is 12.0. The molecule has 1 aromatic carbocycles. The summed E-state index contributed by atoms with van der Waals surface area (Å²) in [5.41, 5.74) is -0.324. The maximum Gasteiger partial charge on any atom is 0.387 e. The minimum atomic E-state index is -3.02. The van der Waals surface area contributed by atoms with Gasteiger partial charge in [-0.3, -0.25) is 4.79 Å². The molecule has 0 fully saturated rings. The van der Waals surface area contributed by atoms with Crippen LogP contribution in [-0.4, -0.2) is 24.0 Å². The SMILES string of the molecule is Cc1c(OC(F)F)ccc(C(=O)O)c1C=O. The molecule has 0 unspecified atom stereocenters. The Morgan fingerprint density at radius 2 is 2.12 bits per heavy atom. The Hall–Kier alpha value is -1.98. The normalized spacial score (nSPS) is 10.2. The fourth-order valence-electron chi connectivity index (χ4n) is 1.27. The van der Waals surface area contributed by atoms with Crippen molar-refractivity contribution < 1.29 is 28.2 Å². The Morgan fingerprint density at radius 1 is 1.50 bits per heavy atom. The average Bonchev–Trinajstić information content (AvgIpc) is 2.19. The van der Waals surface area contributed by atoms with Crippen LogP contribution in [0.4, 0.5) is 8.78 Å². The van der Waals surface area contributed by atoms with E-state index in [1.54, 1.807) is 0 Å². The Morgan fingerprint density at radius 3 is 2.56 bits per heavy atom. The molecule has 1 rings (SSSR count). The molecule has 6 heteroatoms. The first-order chi connectivity index (χ1) is 7.47.